The number of pyridine rings is 1. The molecule has 0 aromatic carbocycles. The Bertz CT molecular complexity index is 664. The second-order valence-corrected chi connectivity index (χ2v) is 5.70. The lowest BCUT2D eigenvalue weighted by atomic mass is 10.2. The fourth-order valence-electron chi connectivity index (χ4n) is 2.84. The van der Waals surface area contributed by atoms with Gasteiger partial charge in [-0.3, -0.25) is 4.98 Å². The van der Waals surface area contributed by atoms with Crippen molar-refractivity contribution in [2.45, 2.75) is 26.2 Å². The van der Waals surface area contributed by atoms with Gasteiger partial charge in [0, 0.05) is 42.8 Å². The Kier molecular flexibility index (Phi) is 3.69. The van der Waals surface area contributed by atoms with E-state index in [0.717, 1.165) is 48.6 Å². The number of aromatic nitrogens is 3. The molecule has 0 spiro atoms. The first kappa shape index (κ1) is 13.7. The van der Waals surface area contributed by atoms with E-state index in [-0.39, 0.29) is 0 Å². The Morgan fingerprint density at radius 3 is 2.71 bits per heavy atom. The molecular formula is C17H20N4. The van der Waals surface area contributed by atoms with Crippen LogP contribution < -0.4 is 4.90 Å². The lowest BCUT2D eigenvalue weighted by Gasteiger charge is -2.21. The number of rotatable bonds is 4. The molecule has 0 aliphatic heterocycles. The van der Waals surface area contributed by atoms with Crippen molar-refractivity contribution >= 4 is 5.82 Å². The van der Waals surface area contributed by atoms with Gasteiger partial charge >= 0.3 is 0 Å². The Hall–Kier alpha value is -2.23. The molecule has 0 saturated carbocycles. The number of fused-ring (bicyclic) bond motifs is 1. The molecule has 4 nitrogen and oxygen atoms in total. The second kappa shape index (κ2) is 5.64. The van der Waals surface area contributed by atoms with Crippen molar-refractivity contribution in [2.24, 2.45) is 0 Å². The Labute approximate surface area is 125 Å². The van der Waals surface area contributed by atoms with E-state index in [1.54, 1.807) is 12.4 Å². The summed E-state index contributed by atoms with van der Waals surface area (Å²) in [7, 11) is 2.08. The summed E-state index contributed by atoms with van der Waals surface area (Å²) in [5.41, 5.74) is 4.65. The maximum atomic E-state index is 4.81. The van der Waals surface area contributed by atoms with Gasteiger partial charge in [0.1, 0.15) is 5.82 Å². The number of hydrogen-bond acceptors (Lipinski definition) is 4. The van der Waals surface area contributed by atoms with Gasteiger partial charge in [-0.15, -0.1) is 0 Å². The molecule has 1 aliphatic carbocycles. The number of aryl methyl sites for hydroxylation is 1. The SMILES string of the molecule is C=C(C)CN(C)c1nc(-c2ccncc2)nc2c1CCC2. The lowest BCUT2D eigenvalue weighted by Crippen LogP contribution is -2.22. The van der Waals surface area contributed by atoms with Crippen LogP contribution in [0.2, 0.25) is 0 Å². The molecule has 3 rings (SSSR count). The molecule has 0 atom stereocenters. The Balaban J connectivity index is 2.07. The first-order valence-electron chi connectivity index (χ1n) is 7.31. The molecule has 0 bridgehead atoms. The highest BCUT2D eigenvalue weighted by molar-refractivity contribution is 5.61. The Morgan fingerprint density at radius 2 is 2.00 bits per heavy atom. The van der Waals surface area contributed by atoms with Gasteiger partial charge < -0.3 is 4.90 Å². The minimum absolute atomic E-state index is 0.793. The summed E-state index contributed by atoms with van der Waals surface area (Å²) >= 11 is 0. The van der Waals surface area contributed by atoms with E-state index in [1.165, 1.54) is 11.3 Å². The first-order chi connectivity index (χ1) is 10.1. The highest BCUT2D eigenvalue weighted by Gasteiger charge is 2.21. The van der Waals surface area contributed by atoms with Crippen LogP contribution >= 0.6 is 0 Å². The lowest BCUT2D eigenvalue weighted by molar-refractivity contribution is 0.895. The Morgan fingerprint density at radius 1 is 1.24 bits per heavy atom. The number of likely N-dealkylation sites (N-methyl/N-ethyl adjacent to an activating group) is 1. The van der Waals surface area contributed by atoms with E-state index < -0.39 is 0 Å². The predicted octanol–water partition coefficient (Wildman–Crippen LogP) is 3.04. The zero-order valence-electron chi connectivity index (χ0n) is 12.6. The summed E-state index contributed by atoms with van der Waals surface area (Å²) in [6, 6.07) is 3.92. The molecule has 0 N–H and O–H groups in total. The second-order valence-electron chi connectivity index (χ2n) is 5.70. The van der Waals surface area contributed by atoms with Crippen LogP contribution in [0, 0.1) is 0 Å². The fourth-order valence-corrected chi connectivity index (χ4v) is 2.84. The van der Waals surface area contributed by atoms with Gasteiger partial charge in [0.2, 0.25) is 0 Å². The summed E-state index contributed by atoms with van der Waals surface area (Å²) in [5.74, 6) is 1.84. The van der Waals surface area contributed by atoms with Gasteiger partial charge in [0.25, 0.3) is 0 Å². The third-order valence-electron chi connectivity index (χ3n) is 3.72. The van der Waals surface area contributed by atoms with Crippen molar-refractivity contribution < 1.29 is 0 Å². The van der Waals surface area contributed by atoms with E-state index in [4.69, 9.17) is 9.97 Å². The maximum Gasteiger partial charge on any atom is 0.161 e. The number of anilines is 1. The van der Waals surface area contributed by atoms with Gasteiger partial charge in [0.15, 0.2) is 5.82 Å². The van der Waals surface area contributed by atoms with Gasteiger partial charge in [-0.1, -0.05) is 12.2 Å². The normalized spacial score (nSPS) is 13.0. The molecule has 0 radical (unpaired) electrons. The van der Waals surface area contributed by atoms with Crippen LogP contribution in [0.3, 0.4) is 0 Å². The molecule has 21 heavy (non-hydrogen) atoms. The van der Waals surface area contributed by atoms with Crippen LogP contribution in [0.25, 0.3) is 11.4 Å². The van der Waals surface area contributed by atoms with Gasteiger partial charge in [0.05, 0.1) is 0 Å². The van der Waals surface area contributed by atoms with Crippen LogP contribution in [0.4, 0.5) is 5.82 Å². The molecule has 2 aromatic heterocycles. The van der Waals surface area contributed by atoms with Gasteiger partial charge in [-0.2, -0.15) is 0 Å². The van der Waals surface area contributed by atoms with Crippen molar-refractivity contribution in [1.82, 2.24) is 15.0 Å². The van der Waals surface area contributed by atoms with Crippen LogP contribution in [0.1, 0.15) is 24.6 Å². The van der Waals surface area contributed by atoms with Crippen molar-refractivity contribution in [3.63, 3.8) is 0 Å². The van der Waals surface area contributed by atoms with Gasteiger partial charge in [-0.05, 0) is 38.3 Å². The quantitative estimate of drug-likeness (QED) is 0.807. The average molecular weight is 280 g/mol. The molecule has 0 fully saturated rings. The van der Waals surface area contributed by atoms with E-state index in [1.807, 2.05) is 19.1 Å². The van der Waals surface area contributed by atoms with Crippen molar-refractivity contribution in [3.05, 3.63) is 47.9 Å². The van der Waals surface area contributed by atoms with E-state index >= 15 is 0 Å². The smallest absolute Gasteiger partial charge is 0.161 e. The summed E-state index contributed by atoms with van der Waals surface area (Å²) in [6.07, 6.45) is 6.84. The highest BCUT2D eigenvalue weighted by atomic mass is 15.2. The molecule has 2 aromatic rings. The monoisotopic (exact) mass is 280 g/mol. The molecule has 0 amide bonds. The highest BCUT2D eigenvalue weighted by Crippen LogP contribution is 2.30. The third-order valence-corrected chi connectivity index (χ3v) is 3.72. The molecule has 4 heteroatoms. The number of hydrogen-bond donors (Lipinski definition) is 0. The van der Waals surface area contributed by atoms with E-state index in [0.29, 0.717) is 0 Å². The summed E-state index contributed by atoms with van der Waals surface area (Å²) < 4.78 is 0. The maximum absolute atomic E-state index is 4.81. The largest absolute Gasteiger partial charge is 0.355 e. The van der Waals surface area contributed by atoms with E-state index in [2.05, 4.69) is 23.5 Å². The summed E-state index contributed by atoms with van der Waals surface area (Å²) in [4.78, 5) is 15.8. The topological polar surface area (TPSA) is 41.9 Å². The zero-order valence-corrected chi connectivity index (χ0v) is 12.6. The molecule has 0 saturated heterocycles. The van der Waals surface area contributed by atoms with Crippen LogP contribution in [0.15, 0.2) is 36.7 Å². The van der Waals surface area contributed by atoms with E-state index in [9.17, 15) is 0 Å². The fraction of sp³-hybridized carbons (Fsp3) is 0.353. The molecule has 1 aliphatic rings. The van der Waals surface area contributed by atoms with Crippen LogP contribution in [-0.4, -0.2) is 28.5 Å². The molecule has 2 heterocycles. The van der Waals surface area contributed by atoms with Gasteiger partial charge in [-0.25, -0.2) is 9.97 Å². The standard InChI is InChI=1S/C17H20N4/c1-12(2)11-21(3)17-14-5-4-6-15(14)19-16(20-17)13-7-9-18-10-8-13/h7-10H,1,4-6,11H2,2-3H3. The van der Waals surface area contributed by atoms with Crippen LogP contribution in [0.5, 0.6) is 0 Å². The molecular weight excluding hydrogens is 260 g/mol. The first-order valence-corrected chi connectivity index (χ1v) is 7.31. The zero-order chi connectivity index (χ0) is 14.8. The minimum Gasteiger partial charge on any atom is -0.355 e. The molecule has 108 valence electrons. The van der Waals surface area contributed by atoms with Crippen molar-refractivity contribution in [2.75, 3.05) is 18.5 Å². The molecule has 0 unspecified atom stereocenters. The van der Waals surface area contributed by atoms with Crippen molar-refractivity contribution in [1.29, 1.82) is 0 Å². The summed E-state index contributed by atoms with van der Waals surface area (Å²) in [6.45, 7) is 6.86. The predicted molar refractivity (Wildman–Crippen MR) is 85.4 cm³/mol. The number of nitrogens with zero attached hydrogens (tertiary/aromatic N) is 4. The minimum atomic E-state index is 0.793. The average Bonchev–Trinajstić information content (AvgIpc) is 2.94. The summed E-state index contributed by atoms with van der Waals surface area (Å²) in [5, 5.41) is 0. The third kappa shape index (κ3) is 2.79. The van der Waals surface area contributed by atoms with Crippen molar-refractivity contribution in [3.8, 4) is 11.4 Å². The van der Waals surface area contributed by atoms with Crippen LogP contribution in [-0.2, 0) is 12.8 Å².